The summed E-state index contributed by atoms with van der Waals surface area (Å²) in [6, 6.07) is 14.6. The van der Waals surface area contributed by atoms with E-state index in [0.717, 1.165) is 0 Å². The van der Waals surface area contributed by atoms with Crippen LogP contribution in [0.4, 0.5) is 11.4 Å². The van der Waals surface area contributed by atoms with Gasteiger partial charge in [-0.15, -0.1) is 0 Å². The Kier molecular flexibility index (Phi) is 6.36. The molecule has 150 valence electrons. The van der Waals surface area contributed by atoms with Gasteiger partial charge in [0.25, 0.3) is 17.5 Å². The third kappa shape index (κ3) is 4.49. The van der Waals surface area contributed by atoms with E-state index in [1.165, 1.54) is 29.2 Å². The molecule has 2 aromatic rings. The fraction of sp³-hybridized carbons (Fsp3) is 0.238. The number of imide groups is 1. The van der Waals surface area contributed by atoms with E-state index >= 15 is 0 Å². The number of hydrogen-bond acceptors (Lipinski definition) is 6. The van der Waals surface area contributed by atoms with Crippen LogP contribution in [-0.4, -0.2) is 41.4 Å². The highest BCUT2D eigenvalue weighted by Gasteiger charge is 2.38. The van der Waals surface area contributed by atoms with Gasteiger partial charge in [0.15, 0.2) is 0 Å². The number of benzene rings is 2. The number of carbonyl (C=O) groups is 2. The van der Waals surface area contributed by atoms with Crippen molar-refractivity contribution in [2.75, 3.05) is 25.1 Å². The smallest absolute Gasteiger partial charge is 0.278 e. The summed E-state index contributed by atoms with van der Waals surface area (Å²) in [6.07, 6.45) is 0.525. The molecule has 8 heteroatoms. The zero-order chi connectivity index (χ0) is 20.8. The highest BCUT2D eigenvalue weighted by molar-refractivity contribution is 6.36. The summed E-state index contributed by atoms with van der Waals surface area (Å²) in [7, 11) is 0. The standard InChI is InChI=1S/C21H21N3O5/c1-2-29-14-6-13-23-20(25)18(15-9-11-17(12-10-15)24(27)28)19(21(23)26)22-16-7-4-3-5-8-16/h3-5,7-12,22H,2,6,13-14H2,1H3. The van der Waals surface area contributed by atoms with Crippen LogP contribution in [0.25, 0.3) is 5.57 Å². The van der Waals surface area contributed by atoms with Gasteiger partial charge in [-0.2, -0.15) is 0 Å². The quantitative estimate of drug-likeness (QED) is 0.303. The highest BCUT2D eigenvalue weighted by atomic mass is 16.6. The largest absolute Gasteiger partial charge is 0.382 e. The van der Waals surface area contributed by atoms with Crippen molar-refractivity contribution in [3.63, 3.8) is 0 Å². The highest BCUT2D eigenvalue weighted by Crippen LogP contribution is 2.31. The number of para-hydroxylation sites is 1. The van der Waals surface area contributed by atoms with Crippen LogP contribution in [0, 0.1) is 10.1 Å². The van der Waals surface area contributed by atoms with E-state index in [1.54, 1.807) is 12.1 Å². The molecule has 8 nitrogen and oxygen atoms in total. The first kappa shape index (κ1) is 20.2. The number of anilines is 1. The molecular weight excluding hydrogens is 374 g/mol. The van der Waals surface area contributed by atoms with E-state index < -0.39 is 16.7 Å². The fourth-order valence-corrected chi connectivity index (χ4v) is 3.05. The molecule has 2 amide bonds. The van der Waals surface area contributed by atoms with E-state index in [2.05, 4.69) is 5.32 Å². The summed E-state index contributed by atoms with van der Waals surface area (Å²) < 4.78 is 5.29. The van der Waals surface area contributed by atoms with Crippen molar-refractivity contribution in [2.45, 2.75) is 13.3 Å². The maximum atomic E-state index is 13.0. The van der Waals surface area contributed by atoms with Gasteiger partial charge in [0, 0.05) is 37.6 Å². The predicted octanol–water partition coefficient (Wildman–Crippen LogP) is 3.21. The topological polar surface area (TPSA) is 102 Å². The lowest BCUT2D eigenvalue weighted by atomic mass is 10.0. The zero-order valence-corrected chi connectivity index (χ0v) is 16.0. The monoisotopic (exact) mass is 395 g/mol. The second kappa shape index (κ2) is 9.11. The van der Waals surface area contributed by atoms with Crippen molar-refractivity contribution < 1.29 is 19.2 Å². The maximum absolute atomic E-state index is 13.0. The van der Waals surface area contributed by atoms with Crippen molar-refractivity contribution >= 4 is 28.8 Å². The average molecular weight is 395 g/mol. The summed E-state index contributed by atoms with van der Waals surface area (Å²) in [5.74, 6) is -0.859. The molecule has 1 heterocycles. The lowest BCUT2D eigenvalue weighted by molar-refractivity contribution is -0.384. The molecule has 0 aromatic heterocycles. The first-order valence-corrected chi connectivity index (χ1v) is 9.28. The number of nitro groups is 1. The Labute approximate surface area is 167 Å². The maximum Gasteiger partial charge on any atom is 0.278 e. The SMILES string of the molecule is CCOCCCN1C(=O)C(Nc2ccccc2)=C(c2ccc([N+](=O)[O-])cc2)C1=O. The van der Waals surface area contributed by atoms with E-state index in [-0.39, 0.29) is 23.5 Å². The Morgan fingerprint density at radius 2 is 1.72 bits per heavy atom. The molecule has 0 saturated carbocycles. The lowest BCUT2D eigenvalue weighted by Crippen LogP contribution is -2.34. The summed E-state index contributed by atoms with van der Waals surface area (Å²) in [5.41, 5.74) is 1.38. The number of rotatable bonds is 9. The second-order valence-electron chi connectivity index (χ2n) is 6.36. The van der Waals surface area contributed by atoms with Crippen LogP contribution in [0.5, 0.6) is 0 Å². The number of hydrogen-bond donors (Lipinski definition) is 1. The molecule has 1 N–H and O–H groups in total. The number of carbonyl (C=O) groups excluding carboxylic acids is 2. The predicted molar refractivity (Wildman–Crippen MR) is 108 cm³/mol. The van der Waals surface area contributed by atoms with Crippen LogP contribution in [0.3, 0.4) is 0 Å². The number of amides is 2. The molecule has 0 unspecified atom stereocenters. The molecule has 29 heavy (non-hydrogen) atoms. The summed E-state index contributed by atoms with van der Waals surface area (Å²) >= 11 is 0. The Morgan fingerprint density at radius 1 is 1.03 bits per heavy atom. The van der Waals surface area contributed by atoms with E-state index in [9.17, 15) is 19.7 Å². The zero-order valence-electron chi connectivity index (χ0n) is 16.0. The molecule has 0 fully saturated rings. The fourth-order valence-electron chi connectivity index (χ4n) is 3.05. The van der Waals surface area contributed by atoms with Gasteiger partial charge in [0.05, 0.1) is 10.5 Å². The van der Waals surface area contributed by atoms with Gasteiger partial charge in [-0.25, -0.2) is 0 Å². The molecule has 0 bridgehead atoms. The third-order valence-corrected chi connectivity index (χ3v) is 4.45. The van der Waals surface area contributed by atoms with Gasteiger partial charge < -0.3 is 10.1 Å². The van der Waals surface area contributed by atoms with Gasteiger partial charge in [-0.05, 0) is 43.2 Å². The van der Waals surface area contributed by atoms with E-state index in [1.807, 2.05) is 25.1 Å². The van der Waals surface area contributed by atoms with Crippen LogP contribution in [0.1, 0.15) is 18.9 Å². The van der Waals surface area contributed by atoms with Gasteiger partial charge in [0.1, 0.15) is 5.70 Å². The summed E-state index contributed by atoms with van der Waals surface area (Å²) in [6.45, 7) is 3.12. The van der Waals surface area contributed by atoms with Crippen molar-refractivity contribution in [1.82, 2.24) is 4.90 Å². The van der Waals surface area contributed by atoms with Crippen molar-refractivity contribution in [3.8, 4) is 0 Å². The average Bonchev–Trinajstić information content (AvgIpc) is 2.96. The molecule has 0 aliphatic carbocycles. The molecule has 1 aliphatic heterocycles. The minimum absolute atomic E-state index is 0.0859. The van der Waals surface area contributed by atoms with E-state index in [0.29, 0.717) is 30.9 Å². The Bertz CT molecular complexity index is 939. The molecule has 0 spiro atoms. The minimum Gasteiger partial charge on any atom is -0.382 e. The Balaban J connectivity index is 1.94. The normalized spacial score (nSPS) is 13.9. The van der Waals surface area contributed by atoms with Gasteiger partial charge in [-0.1, -0.05) is 18.2 Å². The van der Waals surface area contributed by atoms with Crippen molar-refractivity contribution in [3.05, 3.63) is 76.0 Å². The van der Waals surface area contributed by atoms with Crippen LogP contribution in [0.2, 0.25) is 0 Å². The minimum atomic E-state index is -0.511. The third-order valence-electron chi connectivity index (χ3n) is 4.45. The number of nitrogens with one attached hydrogen (secondary N) is 1. The first-order chi connectivity index (χ1) is 14.0. The Morgan fingerprint density at radius 3 is 2.34 bits per heavy atom. The van der Waals surface area contributed by atoms with Gasteiger partial charge in [0.2, 0.25) is 0 Å². The van der Waals surface area contributed by atoms with Crippen LogP contribution < -0.4 is 5.32 Å². The molecular formula is C21H21N3O5. The number of ether oxygens (including phenoxy) is 1. The molecule has 0 radical (unpaired) electrons. The van der Waals surface area contributed by atoms with Crippen LogP contribution in [0.15, 0.2) is 60.3 Å². The van der Waals surface area contributed by atoms with Crippen molar-refractivity contribution in [2.24, 2.45) is 0 Å². The van der Waals surface area contributed by atoms with Gasteiger partial charge in [-0.3, -0.25) is 24.6 Å². The number of nitro benzene ring substituents is 1. The van der Waals surface area contributed by atoms with Gasteiger partial charge >= 0.3 is 0 Å². The molecule has 2 aromatic carbocycles. The number of nitrogens with zero attached hydrogens (tertiary/aromatic N) is 2. The second-order valence-corrected chi connectivity index (χ2v) is 6.36. The molecule has 3 rings (SSSR count). The van der Waals surface area contributed by atoms with Crippen molar-refractivity contribution in [1.29, 1.82) is 0 Å². The summed E-state index contributed by atoms with van der Waals surface area (Å²) in [5, 5.41) is 14.0. The lowest BCUT2D eigenvalue weighted by Gasteiger charge is -2.15. The molecule has 0 atom stereocenters. The number of non-ortho nitro benzene ring substituents is 1. The Hall–Kier alpha value is -3.52. The van der Waals surface area contributed by atoms with Crippen LogP contribution >= 0.6 is 0 Å². The van der Waals surface area contributed by atoms with E-state index in [4.69, 9.17) is 4.74 Å². The first-order valence-electron chi connectivity index (χ1n) is 9.28. The summed E-state index contributed by atoms with van der Waals surface area (Å²) in [4.78, 5) is 37.6. The molecule has 0 saturated heterocycles. The van der Waals surface area contributed by atoms with Crippen LogP contribution in [-0.2, 0) is 14.3 Å². The molecule has 1 aliphatic rings.